The summed E-state index contributed by atoms with van der Waals surface area (Å²) in [5.41, 5.74) is 1.47. The third-order valence-corrected chi connectivity index (χ3v) is 3.55. The average Bonchev–Trinajstić information content (AvgIpc) is 2.85. The zero-order valence-electron chi connectivity index (χ0n) is 11.9. The fourth-order valence-corrected chi connectivity index (χ4v) is 2.31. The number of ketones is 1. The highest BCUT2D eigenvalue weighted by Gasteiger charge is 2.32. The Bertz CT molecular complexity index is 842. The van der Waals surface area contributed by atoms with Crippen molar-refractivity contribution in [3.8, 4) is 0 Å². The molecule has 2 aromatic rings. The summed E-state index contributed by atoms with van der Waals surface area (Å²) in [6.45, 7) is 0. The first-order chi connectivity index (χ1) is 11.2. The number of rotatable bonds is 2. The molecule has 0 aromatic heterocycles. The highest BCUT2D eigenvalue weighted by Crippen LogP contribution is 2.25. The van der Waals surface area contributed by atoms with E-state index in [2.05, 4.69) is 15.5 Å². The summed E-state index contributed by atoms with van der Waals surface area (Å²) in [6, 6.07) is 16.3. The molecule has 0 radical (unpaired) electrons. The molecule has 1 heterocycles. The molecule has 2 aromatic carbocycles. The van der Waals surface area contributed by atoms with Crippen LogP contribution in [0.1, 0.15) is 5.56 Å². The fraction of sp³-hybridized carbons (Fsp3) is 0. The van der Waals surface area contributed by atoms with Gasteiger partial charge < -0.3 is 10.5 Å². The molecule has 5 nitrogen and oxygen atoms in total. The van der Waals surface area contributed by atoms with Crippen molar-refractivity contribution in [1.82, 2.24) is 5.32 Å². The Balaban J connectivity index is 1.99. The van der Waals surface area contributed by atoms with Crippen LogP contribution in [0.4, 0.5) is 5.69 Å². The minimum absolute atomic E-state index is 0.146. The van der Waals surface area contributed by atoms with E-state index in [1.165, 1.54) is 0 Å². The van der Waals surface area contributed by atoms with E-state index in [4.69, 9.17) is 16.8 Å². The van der Waals surface area contributed by atoms with Gasteiger partial charge in [-0.2, -0.15) is 0 Å². The van der Waals surface area contributed by atoms with Crippen LogP contribution in [0.15, 0.2) is 70.4 Å². The minimum Gasteiger partial charge on any atom is -0.410 e. The lowest BCUT2D eigenvalue weighted by Crippen LogP contribution is -2.19. The SMILES string of the molecule is O=C1/C(=C/c2ccccc2)NC(=Nc2ccccc2Cl)/C1=N/O. The number of aliphatic imine (C=N–C) groups is 1. The molecule has 0 aliphatic carbocycles. The number of Topliss-reactive ketones (excluding diaryl/α,β-unsaturated/α-hetero) is 1. The maximum absolute atomic E-state index is 12.3. The van der Waals surface area contributed by atoms with E-state index in [9.17, 15) is 4.79 Å². The Morgan fingerprint density at radius 2 is 1.74 bits per heavy atom. The number of carbonyl (C=O) groups excluding carboxylic acids is 1. The van der Waals surface area contributed by atoms with Crippen molar-refractivity contribution in [2.24, 2.45) is 10.1 Å². The average molecular weight is 326 g/mol. The van der Waals surface area contributed by atoms with Crippen molar-refractivity contribution >= 4 is 40.7 Å². The second-order valence-corrected chi connectivity index (χ2v) is 5.19. The number of nitrogens with zero attached hydrogens (tertiary/aromatic N) is 2. The lowest BCUT2D eigenvalue weighted by atomic mass is 10.1. The third-order valence-electron chi connectivity index (χ3n) is 3.23. The van der Waals surface area contributed by atoms with Gasteiger partial charge in [-0.1, -0.05) is 59.2 Å². The standard InChI is InChI=1S/C17H12ClN3O2/c18-12-8-4-5-9-13(12)19-17-15(21-23)16(22)14(20-17)10-11-6-2-1-3-7-11/h1-10,23H,(H,19,20)/b14-10-,21-15+. The van der Waals surface area contributed by atoms with Crippen molar-refractivity contribution in [1.29, 1.82) is 0 Å². The van der Waals surface area contributed by atoms with E-state index in [-0.39, 0.29) is 17.2 Å². The molecule has 1 aliphatic rings. The monoisotopic (exact) mass is 325 g/mol. The van der Waals surface area contributed by atoms with Crippen LogP contribution in [0.5, 0.6) is 0 Å². The summed E-state index contributed by atoms with van der Waals surface area (Å²) in [5.74, 6) is -0.269. The topological polar surface area (TPSA) is 74.0 Å². The van der Waals surface area contributed by atoms with E-state index in [1.54, 1.807) is 30.3 Å². The molecule has 114 valence electrons. The lowest BCUT2D eigenvalue weighted by molar-refractivity contribution is -0.109. The highest BCUT2D eigenvalue weighted by atomic mass is 35.5. The van der Waals surface area contributed by atoms with Crippen molar-refractivity contribution in [3.05, 3.63) is 70.9 Å². The van der Waals surface area contributed by atoms with E-state index in [0.29, 0.717) is 10.7 Å². The van der Waals surface area contributed by atoms with Crippen molar-refractivity contribution < 1.29 is 10.0 Å². The summed E-state index contributed by atoms with van der Waals surface area (Å²) in [6.07, 6.45) is 1.67. The molecule has 23 heavy (non-hydrogen) atoms. The zero-order chi connectivity index (χ0) is 16.2. The maximum atomic E-state index is 12.3. The van der Waals surface area contributed by atoms with Gasteiger partial charge in [0.25, 0.3) is 0 Å². The molecule has 0 unspecified atom stereocenters. The molecule has 3 rings (SSSR count). The van der Waals surface area contributed by atoms with Crippen LogP contribution < -0.4 is 5.32 Å². The van der Waals surface area contributed by atoms with Gasteiger partial charge in [-0.25, -0.2) is 4.99 Å². The van der Waals surface area contributed by atoms with Crippen molar-refractivity contribution in [2.45, 2.75) is 0 Å². The molecule has 0 bridgehead atoms. The van der Waals surface area contributed by atoms with Gasteiger partial charge in [-0.15, -0.1) is 0 Å². The molecule has 0 spiro atoms. The predicted molar refractivity (Wildman–Crippen MR) is 90.3 cm³/mol. The Kier molecular flexibility index (Phi) is 4.21. The summed E-state index contributed by atoms with van der Waals surface area (Å²) in [4.78, 5) is 16.6. The Morgan fingerprint density at radius 1 is 1.04 bits per heavy atom. The van der Waals surface area contributed by atoms with Gasteiger partial charge in [0.1, 0.15) is 0 Å². The summed E-state index contributed by atoms with van der Waals surface area (Å²) in [7, 11) is 0. The second-order valence-electron chi connectivity index (χ2n) is 4.78. The van der Waals surface area contributed by atoms with Crippen LogP contribution in [0.2, 0.25) is 5.02 Å². The number of hydrogen-bond acceptors (Lipinski definition) is 4. The number of amidine groups is 1. The maximum Gasteiger partial charge on any atom is 0.234 e. The van der Waals surface area contributed by atoms with Crippen LogP contribution in [0.25, 0.3) is 6.08 Å². The van der Waals surface area contributed by atoms with Gasteiger partial charge >= 0.3 is 0 Å². The van der Waals surface area contributed by atoms with Crippen molar-refractivity contribution in [3.63, 3.8) is 0 Å². The number of benzene rings is 2. The largest absolute Gasteiger partial charge is 0.410 e. The summed E-state index contributed by atoms with van der Waals surface area (Å²) < 4.78 is 0. The van der Waals surface area contributed by atoms with E-state index < -0.39 is 5.78 Å². The van der Waals surface area contributed by atoms with Crippen LogP contribution in [-0.4, -0.2) is 22.5 Å². The molecule has 6 heteroatoms. The Hall–Kier alpha value is -2.92. The number of carbonyl (C=O) groups is 1. The summed E-state index contributed by atoms with van der Waals surface area (Å²) >= 11 is 6.06. The number of allylic oxidation sites excluding steroid dienone is 1. The van der Waals surface area contributed by atoms with E-state index in [0.717, 1.165) is 5.56 Å². The van der Waals surface area contributed by atoms with Gasteiger partial charge in [0.05, 0.1) is 16.4 Å². The molecule has 2 N–H and O–H groups in total. The number of nitrogens with one attached hydrogen (secondary N) is 1. The molecular formula is C17H12ClN3O2. The minimum atomic E-state index is -0.429. The quantitative estimate of drug-likeness (QED) is 0.505. The fourth-order valence-electron chi connectivity index (χ4n) is 2.13. The van der Waals surface area contributed by atoms with E-state index >= 15 is 0 Å². The molecule has 1 aliphatic heterocycles. The van der Waals surface area contributed by atoms with Gasteiger partial charge in [0, 0.05) is 0 Å². The van der Waals surface area contributed by atoms with Crippen LogP contribution in [0.3, 0.4) is 0 Å². The molecule has 0 atom stereocenters. The molecule has 0 amide bonds. The molecular weight excluding hydrogens is 314 g/mol. The normalized spacial score (nSPS) is 19.5. The van der Waals surface area contributed by atoms with E-state index in [1.807, 2.05) is 30.3 Å². The lowest BCUT2D eigenvalue weighted by Gasteiger charge is -2.00. The van der Waals surface area contributed by atoms with Gasteiger partial charge in [0.2, 0.25) is 5.78 Å². The predicted octanol–water partition coefficient (Wildman–Crippen LogP) is 3.41. The van der Waals surface area contributed by atoms with Crippen LogP contribution >= 0.6 is 11.6 Å². The number of oxime groups is 1. The molecule has 1 saturated heterocycles. The molecule has 0 saturated carbocycles. The number of halogens is 1. The first-order valence-corrected chi connectivity index (χ1v) is 7.21. The first-order valence-electron chi connectivity index (χ1n) is 6.83. The number of hydrogen-bond donors (Lipinski definition) is 2. The second kappa shape index (κ2) is 6.46. The first kappa shape index (κ1) is 15.0. The van der Waals surface area contributed by atoms with Crippen LogP contribution in [-0.2, 0) is 4.79 Å². The van der Waals surface area contributed by atoms with Gasteiger partial charge in [-0.3, -0.25) is 4.79 Å². The zero-order valence-corrected chi connectivity index (χ0v) is 12.7. The van der Waals surface area contributed by atoms with Gasteiger partial charge in [0.15, 0.2) is 11.5 Å². The smallest absolute Gasteiger partial charge is 0.234 e. The molecule has 1 fully saturated rings. The Labute approximate surface area is 137 Å². The number of para-hydroxylation sites is 1. The van der Waals surface area contributed by atoms with Crippen LogP contribution in [0, 0.1) is 0 Å². The third kappa shape index (κ3) is 3.14. The highest BCUT2D eigenvalue weighted by molar-refractivity contribution is 6.74. The Morgan fingerprint density at radius 3 is 2.43 bits per heavy atom. The van der Waals surface area contributed by atoms with Gasteiger partial charge in [-0.05, 0) is 23.8 Å². The van der Waals surface area contributed by atoms with Crippen molar-refractivity contribution in [2.75, 3.05) is 0 Å². The summed E-state index contributed by atoms with van der Waals surface area (Å²) in [5, 5.41) is 15.5.